The van der Waals surface area contributed by atoms with Gasteiger partial charge >= 0.3 is 6.09 Å². The van der Waals surface area contributed by atoms with Crippen LogP contribution in [-0.4, -0.2) is 84.4 Å². The van der Waals surface area contributed by atoms with Crippen molar-refractivity contribution < 1.29 is 32.2 Å². The van der Waals surface area contributed by atoms with Gasteiger partial charge in [-0.15, -0.1) is 0 Å². The number of rotatable bonds is 11. The van der Waals surface area contributed by atoms with Crippen LogP contribution in [0.2, 0.25) is 5.02 Å². The minimum absolute atomic E-state index is 0.00646. The lowest BCUT2D eigenvalue weighted by molar-refractivity contribution is -0.118. The van der Waals surface area contributed by atoms with Crippen molar-refractivity contribution in [2.24, 2.45) is 11.0 Å². The molecule has 0 spiro atoms. The van der Waals surface area contributed by atoms with E-state index in [0.29, 0.717) is 43.9 Å². The molecule has 4 atom stereocenters. The topological polar surface area (TPSA) is 167 Å². The first kappa shape index (κ1) is 33.9. The van der Waals surface area contributed by atoms with Crippen LogP contribution in [0.25, 0.3) is 0 Å². The number of ether oxygens (including phenoxy) is 1. The smallest absolute Gasteiger partial charge is 0.407 e. The van der Waals surface area contributed by atoms with Gasteiger partial charge in [-0.1, -0.05) is 29.8 Å². The molecule has 3 aliphatic rings. The van der Waals surface area contributed by atoms with E-state index in [9.17, 15) is 23.1 Å². The predicted octanol–water partition coefficient (Wildman–Crippen LogP) is 5.02. The quantitative estimate of drug-likeness (QED) is 0.223. The van der Waals surface area contributed by atoms with Gasteiger partial charge in [0.2, 0.25) is 21.0 Å². The summed E-state index contributed by atoms with van der Waals surface area (Å²) >= 11 is 6.14. The van der Waals surface area contributed by atoms with Gasteiger partial charge < -0.3 is 20.1 Å². The van der Waals surface area contributed by atoms with Gasteiger partial charge in [0.15, 0.2) is 0 Å². The predicted molar refractivity (Wildman–Crippen MR) is 169 cm³/mol. The molecule has 0 bridgehead atoms. The number of anilines is 1. The number of benzene rings is 2. The van der Waals surface area contributed by atoms with Crippen LogP contribution in [0.3, 0.4) is 0 Å². The van der Waals surface area contributed by atoms with Crippen LogP contribution in [-0.2, 0) is 26.0 Å². The number of piperazine rings is 1. The molecule has 12 nitrogen and oxygen atoms in total. The number of halogens is 2. The molecule has 2 aromatic rings. The van der Waals surface area contributed by atoms with Crippen molar-refractivity contribution in [3.05, 3.63) is 64.4 Å². The largest absolute Gasteiger partial charge is 0.465 e. The van der Waals surface area contributed by atoms with Crippen molar-refractivity contribution in [2.45, 2.75) is 74.7 Å². The Balaban J connectivity index is 1.41. The van der Waals surface area contributed by atoms with Crippen molar-refractivity contribution in [3.8, 4) is 0 Å². The van der Waals surface area contributed by atoms with Crippen molar-refractivity contribution in [2.75, 3.05) is 31.6 Å². The van der Waals surface area contributed by atoms with Gasteiger partial charge in [-0.3, -0.25) is 4.79 Å². The molecule has 0 aromatic heterocycles. The molecule has 2 aromatic carbocycles. The van der Waals surface area contributed by atoms with Gasteiger partial charge in [0.25, 0.3) is 5.91 Å². The second-order valence-electron chi connectivity index (χ2n) is 12.2. The number of hydrogen-bond acceptors (Lipinski definition) is 7. The van der Waals surface area contributed by atoms with Gasteiger partial charge in [-0.25, -0.2) is 17.6 Å². The first-order chi connectivity index (χ1) is 22.0. The maximum absolute atomic E-state index is 15.4. The summed E-state index contributed by atoms with van der Waals surface area (Å²) in [5.74, 6) is -1.63. The Morgan fingerprint density at radius 1 is 1.15 bits per heavy atom. The van der Waals surface area contributed by atoms with Gasteiger partial charge in [-0.2, -0.15) is 4.31 Å². The van der Waals surface area contributed by atoms with Crippen LogP contribution in [0.5, 0.6) is 0 Å². The maximum Gasteiger partial charge on any atom is 0.407 e. The lowest BCUT2D eigenvalue weighted by atomic mass is 9.76. The number of nitrogens with zero attached hydrogens (tertiary/aromatic N) is 4. The first-order valence-corrected chi connectivity index (χ1v) is 17.4. The molecule has 3 N–H and O–H groups in total. The van der Waals surface area contributed by atoms with Crippen LogP contribution >= 0.6 is 11.6 Å². The minimum Gasteiger partial charge on any atom is -0.465 e. The molecule has 0 radical (unpaired) electrons. The van der Waals surface area contributed by atoms with E-state index < -0.39 is 57.1 Å². The molecular formula is C31H39ClFN6O6S+. The van der Waals surface area contributed by atoms with Crippen LogP contribution in [0.15, 0.2) is 47.6 Å². The van der Waals surface area contributed by atoms with E-state index in [0.717, 1.165) is 5.56 Å². The Morgan fingerprint density at radius 3 is 2.48 bits per heavy atom. The lowest BCUT2D eigenvalue weighted by Gasteiger charge is -2.44. The van der Waals surface area contributed by atoms with Crippen LogP contribution in [0.4, 0.5) is 14.9 Å². The van der Waals surface area contributed by atoms with E-state index >= 15 is 4.39 Å². The summed E-state index contributed by atoms with van der Waals surface area (Å²) in [6, 6.07) is 8.98. The Bertz CT molecular complexity index is 1580. The zero-order valence-corrected chi connectivity index (χ0v) is 27.1. The summed E-state index contributed by atoms with van der Waals surface area (Å²) in [6.45, 7) is 2.73. The molecule has 2 heterocycles. The molecular weight excluding hydrogens is 639 g/mol. The number of hydrogen-bond donors (Lipinski definition) is 3. The van der Waals surface area contributed by atoms with Gasteiger partial charge in [-0.05, 0) is 81.2 Å². The highest BCUT2D eigenvalue weighted by Crippen LogP contribution is 2.38. The molecule has 46 heavy (non-hydrogen) atoms. The molecule has 2 amide bonds. The van der Waals surface area contributed by atoms with Crippen LogP contribution in [0, 0.1) is 17.3 Å². The van der Waals surface area contributed by atoms with E-state index in [4.69, 9.17) is 21.9 Å². The molecule has 2 unspecified atom stereocenters. The summed E-state index contributed by atoms with van der Waals surface area (Å²) < 4.78 is 49.1. The molecule has 2 aliphatic heterocycles. The number of amides is 2. The zero-order valence-electron chi connectivity index (χ0n) is 25.5. The molecule has 2 saturated heterocycles. The second kappa shape index (κ2) is 14.6. The van der Waals surface area contributed by atoms with Crippen molar-refractivity contribution in [1.29, 1.82) is 5.53 Å². The van der Waals surface area contributed by atoms with E-state index in [1.165, 1.54) is 21.3 Å². The normalized spacial score (nSPS) is 22.5. The number of carboxylic acid groups (broad SMARTS) is 1. The molecule has 5 rings (SSSR count). The van der Waals surface area contributed by atoms with Crippen molar-refractivity contribution in [1.82, 2.24) is 14.1 Å². The second-order valence-corrected chi connectivity index (χ2v) is 14.8. The summed E-state index contributed by atoms with van der Waals surface area (Å²) in [5.41, 5.74) is 8.66. The Hall–Kier alpha value is -3.42. The van der Waals surface area contributed by atoms with E-state index in [-0.39, 0.29) is 43.1 Å². The molecule has 1 aliphatic carbocycles. The van der Waals surface area contributed by atoms with E-state index in [1.807, 2.05) is 12.1 Å². The summed E-state index contributed by atoms with van der Waals surface area (Å²) in [7, 11) is -3.65. The third kappa shape index (κ3) is 7.58. The Kier molecular flexibility index (Phi) is 10.7. The summed E-state index contributed by atoms with van der Waals surface area (Å²) in [5, 5.41) is 16.6. The summed E-state index contributed by atoms with van der Waals surface area (Å²) in [6.07, 6.45) is 1.49. The third-order valence-corrected chi connectivity index (χ3v) is 12.0. The minimum atomic E-state index is -3.65. The standard InChI is InChI=1S/C31H38ClFN6O6S/c1-19-17-38(31(41)42)18-23(39(19)46(43,44)24-10-11-24)9-12-25-26(33)3-2-4-27(25)35-30(40)29(36-37-34)28(21-13-15-45-16-14-21)20-5-7-22(32)8-6-20/h2-8,19,21,23-24,28-29,34H,9-18H2,1H3,(H-,35,40,41,42)/p+1/t19?,23?,28-,29-/m0/s1. The Morgan fingerprint density at radius 2 is 1.85 bits per heavy atom. The van der Waals surface area contributed by atoms with Gasteiger partial charge in [0.1, 0.15) is 16.5 Å². The van der Waals surface area contributed by atoms with Crippen molar-refractivity contribution >= 4 is 39.3 Å². The molecule has 1 saturated carbocycles. The third-order valence-electron chi connectivity index (χ3n) is 9.14. The molecule has 248 valence electrons. The van der Waals surface area contributed by atoms with E-state index in [1.54, 1.807) is 25.1 Å². The fourth-order valence-corrected chi connectivity index (χ4v) is 9.17. The van der Waals surface area contributed by atoms with Crippen LogP contribution < -0.4 is 10.2 Å². The average Bonchev–Trinajstić information content (AvgIpc) is 3.88. The first-order valence-electron chi connectivity index (χ1n) is 15.5. The number of carbonyl (C=O) groups excluding carboxylic acids is 1. The highest BCUT2D eigenvalue weighted by Gasteiger charge is 2.48. The zero-order chi connectivity index (χ0) is 33.0. The highest BCUT2D eigenvalue weighted by molar-refractivity contribution is 7.90. The fourth-order valence-electron chi connectivity index (χ4n) is 6.81. The monoisotopic (exact) mass is 677 g/mol. The maximum atomic E-state index is 15.4. The van der Waals surface area contributed by atoms with Gasteiger partial charge in [0.05, 0.1) is 5.25 Å². The number of nitrogens with one attached hydrogen (secondary N) is 2. The SMILES string of the molecule is CC1CN(C(=O)O)CC(CCc2c(F)cccc2NC(=O)[C@@H](N=[N+]=N)[C@@H](c2ccc(Cl)cc2)C2CCOCC2)N1S(=O)(=O)C1CC1. The molecule has 3 fully saturated rings. The fraction of sp³-hybridized carbons (Fsp3) is 0.548. The Labute approximate surface area is 272 Å². The number of carbonyl (C=O) groups is 2. The summed E-state index contributed by atoms with van der Waals surface area (Å²) in [4.78, 5) is 30.2. The lowest BCUT2D eigenvalue weighted by Crippen LogP contribution is -2.61. The van der Waals surface area contributed by atoms with E-state index in [2.05, 4.69) is 15.3 Å². The van der Waals surface area contributed by atoms with Gasteiger partial charge in [0, 0.05) is 60.6 Å². The highest BCUT2D eigenvalue weighted by atomic mass is 35.5. The average molecular weight is 678 g/mol. The van der Waals surface area contributed by atoms with Crippen molar-refractivity contribution in [3.63, 3.8) is 0 Å². The molecule has 15 heteroatoms. The number of sulfonamides is 1. The van der Waals surface area contributed by atoms with Crippen LogP contribution in [0.1, 0.15) is 56.1 Å².